The Morgan fingerprint density at radius 2 is 1.70 bits per heavy atom. The fourth-order valence-electron chi connectivity index (χ4n) is 2.68. The number of likely N-dealkylation sites (tertiary alicyclic amines) is 1. The first-order valence-electron chi connectivity index (χ1n) is 6.86. The van der Waals surface area contributed by atoms with Crippen molar-refractivity contribution >= 4 is 21.8 Å². The monoisotopic (exact) mass is 304 g/mol. The SMILES string of the molecule is O=C(O)[C@@H]1CCCN(C(=O)N2CCCS(=O)(=O)CC2)C1. The maximum absolute atomic E-state index is 12.3. The summed E-state index contributed by atoms with van der Waals surface area (Å²) >= 11 is 0. The molecule has 2 aliphatic heterocycles. The summed E-state index contributed by atoms with van der Waals surface area (Å²) in [5.74, 6) is -1.27. The lowest BCUT2D eigenvalue weighted by molar-refractivity contribution is -0.143. The van der Waals surface area contributed by atoms with Crippen LogP contribution in [-0.4, -0.2) is 73.0 Å². The summed E-state index contributed by atoms with van der Waals surface area (Å²) in [5.41, 5.74) is 0. The van der Waals surface area contributed by atoms with E-state index in [1.165, 1.54) is 4.90 Å². The van der Waals surface area contributed by atoms with Crippen molar-refractivity contribution in [2.75, 3.05) is 37.7 Å². The number of sulfone groups is 1. The minimum absolute atomic E-state index is 0.00502. The Morgan fingerprint density at radius 1 is 1.00 bits per heavy atom. The molecular weight excluding hydrogens is 284 g/mol. The first kappa shape index (κ1) is 15.1. The summed E-state index contributed by atoms with van der Waals surface area (Å²) in [6.45, 7) is 1.39. The number of rotatable bonds is 1. The van der Waals surface area contributed by atoms with Crippen LogP contribution < -0.4 is 0 Å². The van der Waals surface area contributed by atoms with Crippen LogP contribution in [0.25, 0.3) is 0 Å². The Morgan fingerprint density at radius 3 is 2.40 bits per heavy atom. The first-order valence-corrected chi connectivity index (χ1v) is 8.68. The number of hydrogen-bond acceptors (Lipinski definition) is 4. The normalized spacial score (nSPS) is 26.9. The number of carbonyl (C=O) groups excluding carboxylic acids is 1. The van der Waals surface area contributed by atoms with E-state index >= 15 is 0 Å². The molecule has 8 heteroatoms. The van der Waals surface area contributed by atoms with Gasteiger partial charge in [0.15, 0.2) is 9.84 Å². The summed E-state index contributed by atoms with van der Waals surface area (Å²) in [5, 5.41) is 9.03. The van der Waals surface area contributed by atoms with Gasteiger partial charge in [-0.2, -0.15) is 0 Å². The van der Waals surface area contributed by atoms with E-state index in [2.05, 4.69) is 0 Å². The molecule has 2 rings (SSSR count). The van der Waals surface area contributed by atoms with E-state index in [0.29, 0.717) is 32.4 Å². The summed E-state index contributed by atoms with van der Waals surface area (Å²) in [6.07, 6.45) is 1.71. The van der Waals surface area contributed by atoms with E-state index in [0.717, 1.165) is 0 Å². The van der Waals surface area contributed by atoms with Crippen LogP contribution in [0.15, 0.2) is 0 Å². The molecule has 0 saturated carbocycles. The zero-order chi connectivity index (χ0) is 14.8. The van der Waals surface area contributed by atoms with E-state index in [4.69, 9.17) is 5.11 Å². The Balaban J connectivity index is 1.98. The Bertz CT molecular complexity index is 490. The van der Waals surface area contributed by atoms with Crippen molar-refractivity contribution in [3.05, 3.63) is 0 Å². The molecule has 2 fully saturated rings. The lowest BCUT2D eigenvalue weighted by atomic mass is 9.99. The maximum Gasteiger partial charge on any atom is 0.320 e. The molecule has 2 saturated heterocycles. The number of nitrogens with zero attached hydrogens (tertiary/aromatic N) is 2. The summed E-state index contributed by atoms with van der Waals surface area (Å²) < 4.78 is 23.1. The van der Waals surface area contributed by atoms with Crippen molar-refractivity contribution in [2.24, 2.45) is 5.92 Å². The predicted octanol–water partition coefficient (Wildman–Crippen LogP) is 0.0235. The number of carboxylic acid groups (broad SMARTS) is 1. The molecular formula is C12H20N2O5S. The average molecular weight is 304 g/mol. The van der Waals surface area contributed by atoms with Crippen LogP contribution in [0, 0.1) is 5.92 Å². The van der Waals surface area contributed by atoms with Crippen molar-refractivity contribution in [1.29, 1.82) is 0 Å². The predicted molar refractivity (Wildman–Crippen MR) is 72.2 cm³/mol. The van der Waals surface area contributed by atoms with E-state index in [1.807, 2.05) is 0 Å². The van der Waals surface area contributed by atoms with Gasteiger partial charge in [0.25, 0.3) is 0 Å². The molecule has 2 amide bonds. The maximum atomic E-state index is 12.3. The number of hydrogen-bond donors (Lipinski definition) is 1. The highest BCUT2D eigenvalue weighted by atomic mass is 32.2. The van der Waals surface area contributed by atoms with Crippen molar-refractivity contribution in [1.82, 2.24) is 9.80 Å². The Labute approximate surface area is 118 Å². The number of carbonyl (C=O) groups is 2. The molecule has 2 heterocycles. The average Bonchev–Trinajstić information content (AvgIpc) is 2.59. The highest BCUT2D eigenvalue weighted by Crippen LogP contribution is 2.18. The molecule has 2 aliphatic rings. The van der Waals surface area contributed by atoms with Gasteiger partial charge >= 0.3 is 12.0 Å². The quantitative estimate of drug-likeness (QED) is 0.737. The third-order valence-corrected chi connectivity index (χ3v) is 5.58. The van der Waals surface area contributed by atoms with Crippen LogP contribution in [0.2, 0.25) is 0 Å². The van der Waals surface area contributed by atoms with E-state index in [9.17, 15) is 18.0 Å². The molecule has 7 nitrogen and oxygen atoms in total. The zero-order valence-electron chi connectivity index (χ0n) is 11.3. The third-order valence-electron chi connectivity index (χ3n) is 3.87. The number of amides is 2. The molecule has 1 N–H and O–H groups in total. The van der Waals surface area contributed by atoms with Gasteiger partial charge in [0.1, 0.15) is 0 Å². The van der Waals surface area contributed by atoms with Gasteiger partial charge in [-0.05, 0) is 19.3 Å². The Hall–Kier alpha value is -1.31. The fraction of sp³-hybridized carbons (Fsp3) is 0.833. The van der Waals surface area contributed by atoms with Gasteiger partial charge < -0.3 is 14.9 Å². The van der Waals surface area contributed by atoms with Crippen molar-refractivity contribution in [2.45, 2.75) is 19.3 Å². The molecule has 114 valence electrons. The van der Waals surface area contributed by atoms with Crippen LogP contribution >= 0.6 is 0 Å². The highest BCUT2D eigenvalue weighted by Gasteiger charge is 2.31. The molecule has 0 aliphatic carbocycles. The standard InChI is InChI=1S/C12H20N2O5S/c15-11(16)10-3-1-4-14(9-10)12(17)13-5-2-7-20(18,19)8-6-13/h10H,1-9H2,(H,15,16)/t10-/m1/s1. The molecule has 0 unspecified atom stereocenters. The topological polar surface area (TPSA) is 95.0 Å². The van der Waals surface area contributed by atoms with Gasteiger partial charge in [-0.25, -0.2) is 13.2 Å². The second-order valence-corrected chi connectivity index (χ2v) is 7.70. The fourth-order valence-corrected chi connectivity index (χ4v) is 3.95. The second-order valence-electron chi connectivity index (χ2n) is 5.40. The number of aliphatic carboxylic acids is 1. The first-order chi connectivity index (χ1) is 9.39. The lowest BCUT2D eigenvalue weighted by Gasteiger charge is -2.34. The van der Waals surface area contributed by atoms with Crippen LogP contribution in [0.4, 0.5) is 4.79 Å². The van der Waals surface area contributed by atoms with Gasteiger partial charge in [0.2, 0.25) is 0 Å². The van der Waals surface area contributed by atoms with Crippen molar-refractivity contribution in [3.8, 4) is 0 Å². The minimum atomic E-state index is -3.05. The van der Waals surface area contributed by atoms with Gasteiger partial charge in [0.05, 0.1) is 17.4 Å². The summed E-state index contributed by atoms with van der Waals surface area (Å²) in [7, 11) is -3.05. The zero-order valence-corrected chi connectivity index (χ0v) is 12.1. The minimum Gasteiger partial charge on any atom is -0.481 e. The van der Waals surface area contributed by atoms with Crippen LogP contribution in [-0.2, 0) is 14.6 Å². The van der Waals surface area contributed by atoms with Crippen LogP contribution in [0.5, 0.6) is 0 Å². The number of piperidine rings is 1. The molecule has 0 aromatic heterocycles. The molecule has 0 aromatic rings. The van der Waals surface area contributed by atoms with Gasteiger partial charge in [0, 0.05) is 26.2 Å². The molecule has 20 heavy (non-hydrogen) atoms. The number of carboxylic acids is 1. The van der Waals surface area contributed by atoms with Gasteiger partial charge in [-0.3, -0.25) is 4.79 Å². The Kier molecular flexibility index (Phi) is 4.52. The highest BCUT2D eigenvalue weighted by molar-refractivity contribution is 7.91. The molecule has 1 atom stereocenters. The molecule has 0 spiro atoms. The van der Waals surface area contributed by atoms with Crippen molar-refractivity contribution in [3.63, 3.8) is 0 Å². The van der Waals surface area contributed by atoms with Crippen LogP contribution in [0.1, 0.15) is 19.3 Å². The van der Waals surface area contributed by atoms with E-state index in [-0.39, 0.29) is 30.6 Å². The van der Waals surface area contributed by atoms with E-state index < -0.39 is 21.7 Å². The molecule has 0 bridgehead atoms. The second kappa shape index (κ2) is 5.99. The largest absolute Gasteiger partial charge is 0.481 e. The smallest absolute Gasteiger partial charge is 0.320 e. The van der Waals surface area contributed by atoms with Crippen molar-refractivity contribution < 1.29 is 23.1 Å². The summed E-state index contributed by atoms with van der Waals surface area (Å²) in [4.78, 5) is 26.4. The number of urea groups is 1. The molecule has 0 aromatic carbocycles. The third kappa shape index (κ3) is 3.62. The molecule has 0 radical (unpaired) electrons. The van der Waals surface area contributed by atoms with E-state index in [1.54, 1.807) is 4.90 Å². The van der Waals surface area contributed by atoms with Gasteiger partial charge in [-0.15, -0.1) is 0 Å². The van der Waals surface area contributed by atoms with Crippen LogP contribution in [0.3, 0.4) is 0 Å². The lowest BCUT2D eigenvalue weighted by Crippen LogP contribution is -2.49. The van der Waals surface area contributed by atoms with Gasteiger partial charge in [-0.1, -0.05) is 0 Å². The summed E-state index contributed by atoms with van der Waals surface area (Å²) in [6, 6.07) is -0.229.